The van der Waals surface area contributed by atoms with Gasteiger partial charge in [0, 0.05) is 49.4 Å². The summed E-state index contributed by atoms with van der Waals surface area (Å²) in [5.41, 5.74) is 33.9. The van der Waals surface area contributed by atoms with Gasteiger partial charge in [0.25, 0.3) is 0 Å². The van der Waals surface area contributed by atoms with Crippen LogP contribution in [0, 0.1) is 0 Å². The van der Waals surface area contributed by atoms with Crippen LogP contribution in [0.3, 0.4) is 0 Å². The van der Waals surface area contributed by atoms with Crippen molar-refractivity contribution >= 4 is 65.4 Å². The van der Waals surface area contributed by atoms with Crippen molar-refractivity contribution in [1.29, 1.82) is 0 Å². The van der Waals surface area contributed by atoms with Gasteiger partial charge in [0.2, 0.25) is 0 Å². The Morgan fingerprint density at radius 2 is 0.435 bits per heavy atom. The highest BCUT2D eigenvalue weighted by Crippen LogP contribution is 2.46. The van der Waals surface area contributed by atoms with Crippen LogP contribution >= 0.6 is 0 Å². The third-order valence-corrected chi connectivity index (χ3v) is 23.4. The number of para-hydroxylation sites is 6. The van der Waals surface area contributed by atoms with Crippen LogP contribution in [-0.2, 0) is 37.9 Å². The Balaban J connectivity index is 0.000000136. The van der Waals surface area contributed by atoms with Gasteiger partial charge in [-0.15, -0.1) is 0 Å². The molecule has 115 heavy (non-hydrogen) atoms. The average Bonchev–Trinajstić information content (AvgIpc) is 1.59. The van der Waals surface area contributed by atoms with E-state index < -0.39 is 0 Å². The standard InChI is InChI=1S/C40H33N.2C36H41N/c1-40(2,3)37-19-12-18-36-35-17-10-11-20-38(35)41(39(36)37)34-23-21-30(22-24-34)33-26-31(28-13-6-4-7-14-28)25-32(27-33)29-15-8-5-9-16-29;1-34(2,3)25-19-22-30(35(4,5)6)29(23-25)24-17-20-26(21-18-24)37-32-16-11-10-13-27(32)28-14-12-15-31(33(28)37)36(7,8)9;1-34(2,3)26-21-25(22-27(23-26)35(4,5)6)24-17-19-28(20-18-24)37-32-16-11-10-13-29(32)30-14-12-15-31(33(30)37)36(7,8)9/h4-27H,1-3H3;2*10-23H,1-9H3. The molecular formula is C112H115N3. The van der Waals surface area contributed by atoms with E-state index >= 15 is 0 Å². The predicted octanol–water partition coefficient (Wildman–Crippen LogP) is 31.8. The molecule has 3 nitrogen and oxygen atoms in total. The number of hydrogen-bond acceptors (Lipinski definition) is 0. The van der Waals surface area contributed by atoms with E-state index in [1.807, 2.05) is 0 Å². The minimum atomic E-state index is 0.0251. The Hall–Kier alpha value is -11.5. The fourth-order valence-electron chi connectivity index (χ4n) is 17.0. The molecule has 3 heterocycles. The number of hydrogen-bond donors (Lipinski definition) is 0. The van der Waals surface area contributed by atoms with Gasteiger partial charge in [0.05, 0.1) is 33.1 Å². The largest absolute Gasteiger partial charge is 0.309 e. The van der Waals surface area contributed by atoms with Crippen molar-refractivity contribution in [3.63, 3.8) is 0 Å². The molecule has 578 valence electrons. The van der Waals surface area contributed by atoms with Crippen molar-refractivity contribution in [2.75, 3.05) is 0 Å². The summed E-state index contributed by atoms with van der Waals surface area (Å²) in [4.78, 5) is 0. The summed E-state index contributed by atoms with van der Waals surface area (Å²) in [7, 11) is 0. The van der Waals surface area contributed by atoms with Crippen LogP contribution < -0.4 is 0 Å². The van der Waals surface area contributed by atoms with Gasteiger partial charge in [-0.2, -0.15) is 0 Å². The van der Waals surface area contributed by atoms with Gasteiger partial charge in [-0.25, -0.2) is 0 Å². The molecule has 0 aliphatic rings. The molecule has 0 spiro atoms. The first-order valence-electron chi connectivity index (χ1n) is 41.5. The lowest BCUT2D eigenvalue weighted by molar-refractivity contribution is 0.569. The Bertz CT molecular complexity index is 6330. The van der Waals surface area contributed by atoms with Gasteiger partial charge in [0.15, 0.2) is 0 Å². The molecule has 0 aliphatic heterocycles. The number of benzene rings is 14. The molecule has 0 unspecified atom stereocenters. The molecule has 0 amide bonds. The Morgan fingerprint density at radius 3 is 0.739 bits per heavy atom. The zero-order valence-electron chi connectivity index (χ0n) is 71.9. The Kier molecular flexibility index (Phi) is 20.6. The van der Waals surface area contributed by atoms with Crippen molar-refractivity contribution in [3.8, 4) is 72.7 Å². The van der Waals surface area contributed by atoms with Gasteiger partial charge in [-0.3, -0.25) is 0 Å². The number of fused-ring (bicyclic) bond motifs is 9. The van der Waals surface area contributed by atoms with Gasteiger partial charge in [-0.05, 0) is 205 Å². The van der Waals surface area contributed by atoms with Crippen molar-refractivity contribution < 1.29 is 0 Å². The van der Waals surface area contributed by atoms with Crippen LogP contribution in [-0.4, -0.2) is 13.7 Å². The second-order valence-electron chi connectivity index (χ2n) is 39.1. The molecule has 0 N–H and O–H groups in total. The highest BCUT2D eigenvalue weighted by atomic mass is 15.0. The number of aromatic nitrogens is 3. The van der Waals surface area contributed by atoms with Crippen molar-refractivity contribution in [1.82, 2.24) is 13.7 Å². The summed E-state index contributed by atoms with van der Waals surface area (Å²) in [5, 5.41) is 7.85. The topological polar surface area (TPSA) is 14.8 Å². The summed E-state index contributed by atoms with van der Waals surface area (Å²) in [6, 6.07) is 117. The van der Waals surface area contributed by atoms with E-state index in [2.05, 4.69) is 475 Å². The van der Waals surface area contributed by atoms with E-state index in [1.54, 1.807) is 0 Å². The second-order valence-corrected chi connectivity index (χ2v) is 39.1. The lowest BCUT2D eigenvalue weighted by Crippen LogP contribution is -2.16. The van der Waals surface area contributed by atoms with Crippen LogP contribution in [0.1, 0.15) is 184 Å². The maximum absolute atomic E-state index is 2.46. The van der Waals surface area contributed by atoms with Crippen LogP contribution in [0.15, 0.2) is 315 Å². The molecule has 0 radical (unpaired) electrons. The average molecular weight is 1500 g/mol. The Morgan fingerprint density at radius 1 is 0.165 bits per heavy atom. The lowest BCUT2D eigenvalue weighted by atomic mass is 9.78. The van der Waals surface area contributed by atoms with Gasteiger partial charge in [-0.1, -0.05) is 388 Å². The molecule has 0 aliphatic carbocycles. The fourth-order valence-corrected chi connectivity index (χ4v) is 17.0. The van der Waals surface area contributed by atoms with E-state index in [-0.39, 0.29) is 37.9 Å². The molecule has 3 heteroatoms. The first kappa shape index (κ1) is 78.7. The molecule has 17 aromatic rings. The normalized spacial score (nSPS) is 12.6. The minimum absolute atomic E-state index is 0.0251. The van der Waals surface area contributed by atoms with E-state index in [0.717, 1.165) is 0 Å². The van der Waals surface area contributed by atoms with E-state index in [1.165, 1.54) is 177 Å². The molecule has 0 atom stereocenters. The Labute approximate surface area is 685 Å². The highest BCUT2D eigenvalue weighted by Gasteiger charge is 2.29. The fraction of sp³-hybridized carbons (Fsp3) is 0.250. The van der Waals surface area contributed by atoms with Crippen molar-refractivity contribution in [2.24, 2.45) is 0 Å². The lowest BCUT2D eigenvalue weighted by Gasteiger charge is -2.27. The van der Waals surface area contributed by atoms with Gasteiger partial charge in [0.1, 0.15) is 0 Å². The quantitative estimate of drug-likeness (QED) is 0.144. The summed E-state index contributed by atoms with van der Waals surface area (Å²) < 4.78 is 7.37. The summed E-state index contributed by atoms with van der Waals surface area (Å²) in [5.74, 6) is 0. The zero-order valence-corrected chi connectivity index (χ0v) is 71.9. The summed E-state index contributed by atoms with van der Waals surface area (Å²) >= 11 is 0. The molecular weight excluding hydrogens is 1390 g/mol. The molecule has 3 aromatic heterocycles. The van der Waals surface area contributed by atoms with Crippen LogP contribution in [0.4, 0.5) is 0 Å². The van der Waals surface area contributed by atoms with E-state index in [4.69, 9.17) is 0 Å². The highest BCUT2D eigenvalue weighted by molar-refractivity contribution is 6.13. The molecule has 0 saturated heterocycles. The molecule has 0 fully saturated rings. The maximum atomic E-state index is 2.46. The predicted molar refractivity (Wildman–Crippen MR) is 500 cm³/mol. The van der Waals surface area contributed by atoms with Crippen molar-refractivity contribution in [3.05, 3.63) is 354 Å². The zero-order chi connectivity index (χ0) is 81.5. The monoisotopic (exact) mass is 1500 g/mol. The third-order valence-electron chi connectivity index (χ3n) is 23.4. The van der Waals surface area contributed by atoms with Gasteiger partial charge < -0.3 is 13.7 Å². The molecule has 0 bridgehead atoms. The summed E-state index contributed by atoms with van der Waals surface area (Å²) in [6.45, 7) is 48.4. The first-order chi connectivity index (χ1) is 54.5. The molecule has 17 rings (SSSR count). The van der Waals surface area contributed by atoms with E-state index in [9.17, 15) is 0 Å². The van der Waals surface area contributed by atoms with Crippen LogP contribution in [0.5, 0.6) is 0 Å². The molecule has 0 saturated carbocycles. The first-order valence-corrected chi connectivity index (χ1v) is 41.5. The van der Waals surface area contributed by atoms with Crippen LogP contribution in [0.25, 0.3) is 138 Å². The minimum Gasteiger partial charge on any atom is -0.309 e. The molecule has 14 aromatic carbocycles. The van der Waals surface area contributed by atoms with Crippen molar-refractivity contribution in [2.45, 2.75) is 183 Å². The maximum Gasteiger partial charge on any atom is 0.0578 e. The number of rotatable bonds is 8. The van der Waals surface area contributed by atoms with Gasteiger partial charge >= 0.3 is 0 Å². The SMILES string of the molecule is CC(C)(C)c1cc(-c2ccc(-n3c4ccccc4c4cccc(C(C)(C)C)c43)cc2)cc(C(C)(C)C)c1.CC(C)(C)c1ccc(C(C)(C)C)c(-c2ccc(-n3c4ccccc4c4cccc(C(C)(C)C)c43)cc2)c1.CC(C)(C)c1cccc2c3ccccc3n(-c3ccc(-c4cc(-c5ccccc5)cc(-c5ccccc5)c4)cc3)c12. The van der Waals surface area contributed by atoms with Crippen LogP contribution in [0.2, 0.25) is 0 Å². The summed E-state index contributed by atoms with van der Waals surface area (Å²) in [6.07, 6.45) is 0. The van der Waals surface area contributed by atoms with E-state index in [0.29, 0.717) is 0 Å². The number of nitrogens with zero attached hydrogens (tertiary/aromatic N) is 3. The second kappa shape index (κ2) is 30.0. The third kappa shape index (κ3) is 15.7. The smallest absolute Gasteiger partial charge is 0.0578 e.